The number of hydrogen-bond acceptors (Lipinski definition) is 6. The molecule has 0 aliphatic heterocycles. The summed E-state index contributed by atoms with van der Waals surface area (Å²) in [6, 6.07) is 5.72. The van der Waals surface area contributed by atoms with Crippen LogP contribution in [0, 0.1) is 0 Å². The maximum atomic E-state index is 12.8. The van der Waals surface area contributed by atoms with Crippen molar-refractivity contribution in [3.05, 3.63) is 64.3 Å². The molecule has 0 fully saturated rings. The van der Waals surface area contributed by atoms with Crippen LogP contribution in [-0.4, -0.2) is 38.2 Å². The molecule has 0 unspecified atom stereocenters. The summed E-state index contributed by atoms with van der Waals surface area (Å²) in [5, 5.41) is 2.55. The zero-order valence-electron chi connectivity index (χ0n) is 15.7. The monoisotopic (exact) mass is 392 g/mol. The van der Waals surface area contributed by atoms with Crippen LogP contribution >= 0.6 is 11.3 Å². The molecule has 142 valence electrons. The molecule has 0 spiro atoms. The number of thiazole rings is 1. The zero-order chi connectivity index (χ0) is 19.7. The number of nitrogens with zero attached hydrogens (tertiary/aromatic N) is 5. The maximum Gasteiger partial charge on any atom is 0.261 e. The topological polar surface area (TPSA) is 90.6 Å². The van der Waals surface area contributed by atoms with Crippen molar-refractivity contribution in [1.82, 2.24) is 18.9 Å². The molecule has 2 N–H and O–H groups in total. The van der Waals surface area contributed by atoms with Crippen LogP contribution in [0.25, 0.3) is 27.1 Å². The number of allylic oxidation sites excluding steroid dienone is 2. The first-order chi connectivity index (χ1) is 13.7. The lowest BCUT2D eigenvalue weighted by atomic mass is 10.0. The highest BCUT2D eigenvalue weighted by molar-refractivity contribution is 7.15. The molecular formula is C20H20N6OS. The van der Waals surface area contributed by atoms with Crippen LogP contribution in [0.1, 0.15) is 12.6 Å². The Labute approximate surface area is 165 Å². The van der Waals surface area contributed by atoms with Crippen LogP contribution in [0.4, 0.5) is 0 Å². The lowest BCUT2D eigenvalue weighted by Crippen LogP contribution is -2.24. The van der Waals surface area contributed by atoms with Gasteiger partial charge in [0.2, 0.25) is 0 Å². The first-order valence-electron chi connectivity index (χ1n) is 8.93. The smallest absolute Gasteiger partial charge is 0.261 e. The highest BCUT2D eigenvalue weighted by Gasteiger charge is 2.19. The first kappa shape index (κ1) is 18.3. The molecule has 0 aliphatic carbocycles. The third kappa shape index (κ3) is 2.96. The Bertz CT molecular complexity index is 1280. The summed E-state index contributed by atoms with van der Waals surface area (Å²) in [6.07, 6.45) is 7.41. The van der Waals surface area contributed by atoms with E-state index in [1.165, 1.54) is 0 Å². The fourth-order valence-electron chi connectivity index (χ4n) is 3.26. The van der Waals surface area contributed by atoms with Crippen LogP contribution in [0.2, 0.25) is 0 Å². The van der Waals surface area contributed by atoms with Crippen molar-refractivity contribution >= 4 is 32.9 Å². The highest BCUT2D eigenvalue weighted by atomic mass is 32.1. The van der Waals surface area contributed by atoms with E-state index in [1.807, 2.05) is 53.3 Å². The normalized spacial score (nSPS) is 12.6. The summed E-state index contributed by atoms with van der Waals surface area (Å²) in [5.74, 6) is 0. The molecule has 3 heterocycles. The van der Waals surface area contributed by atoms with Gasteiger partial charge in [-0.25, -0.2) is 9.97 Å². The molecule has 4 aromatic rings. The Morgan fingerprint density at radius 2 is 2.25 bits per heavy atom. The van der Waals surface area contributed by atoms with Gasteiger partial charge < -0.3 is 5.73 Å². The van der Waals surface area contributed by atoms with Crippen molar-refractivity contribution in [2.24, 2.45) is 10.7 Å². The van der Waals surface area contributed by atoms with E-state index in [1.54, 1.807) is 29.3 Å². The molecule has 0 saturated heterocycles. The Hall–Kier alpha value is -3.10. The minimum absolute atomic E-state index is 0.0947. The average molecular weight is 392 g/mol. The molecule has 0 saturated carbocycles. The van der Waals surface area contributed by atoms with Crippen LogP contribution in [0.3, 0.4) is 0 Å². The van der Waals surface area contributed by atoms with Crippen LogP contribution < -0.4 is 11.3 Å². The fraction of sp³-hybridized carbons (Fsp3) is 0.200. The number of rotatable bonds is 5. The van der Waals surface area contributed by atoms with E-state index in [2.05, 4.69) is 9.98 Å². The van der Waals surface area contributed by atoms with Crippen molar-refractivity contribution < 1.29 is 0 Å². The molecule has 3 aromatic heterocycles. The highest BCUT2D eigenvalue weighted by Crippen LogP contribution is 2.29. The average Bonchev–Trinajstić information content (AvgIpc) is 3.29. The van der Waals surface area contributed by atoms with Crippen molar-refractivity contribution in [3.63, 3.8) is 0 Å². The molecule has 4 rings (SSSR count). The molecular weight excluding hydrogens is 372 g/mol. The van der Waals surface area contributed by atoms with E-state index < -0.39 is 0 Å². The summed E-state index contributed by atoms with van der Waals surface area (Å²) in [5.41, 5.74) is 9.56. The van der Waals surface area contributed by atoms with Crippen molar-refractivity contribution in [2.75, 3.05) is 13.6 Å². The largest absolute Gasteiger partial charge is 0.329 e. The molecule has 0 bridgehead atoms. The van der Waals surface area contributed by atoms with Gasteiger partial charge in [-0.15, -0.1) is 11.3 Å². The van der Waals surface area contributed by atoms with Gasteiger partial charge in [0.05, 0.1) is 28.6 Å². The lowest BCUT2D eigenvalue weighted by Gasteiger charge is -2.08. The first-order valence-corrected chi connectivity index (χ1v) is 9.81. The molecule has 28 heavy (non-hydrogen) atoms. The van der Waals surface area contributed by atoms with E-state index in [0.29, 0.717) is 24.0 Å². The standard InChI is InChI=1S/C20H20N6OS/c1-3-4-16(22-2)17-18(26-9-10-28-20(26)24-17)13-5-6-15-14(11-13)19(27)25(8-7-21)12-23-15/h3-6,9-12H,7-8,21H2,1-2H3/b4-3-,22-16+. The summed E-state index contributed by atoms with van der Waals surface area (Å²) in [6.45, 7) is 2.77. The predicted molar refractivity (Wildman–Crippen MR) is 114 cm³/mol. The zero-order valence-corrected chi connectivity index (χ0v) is 16.5. The van der Waals surface area contributed by atoms with Gasteiger partial charge in [-0.05, 0) is 25.1 Å². The van der Waals surface area contributed by atoms with Crippen LogP contribution in [-0.2, 0) is 6.54 Å². The molecule has 8 heteroatoms. The van der Waals surface area contributed by atoms with Gasteiger partial charge in [-0.2, -0.15) is 0 Å². The van der Waals surface area contributed by atoms with E-state index in [0.717, 1.165) is 27.6 Å². The fourth-order valence-corrected chi connectivity index (χ4v) is 3.98. The summed E-state index contributed by atoms with van der Waals surface area (Å²) in [4.78, 5) is 27.3. The molecule has 0 aliphatic rings. The number of fused-ring (bicyclic) bond motifs is 2. The number of nitrogens with two attached hydrogens (primary N) is 1. The maximum absolute atomic E-state index is 12.8. The third-order valence-electron chi connectivity index (χ3n) is 4.54. The Morgan fingerprint density at radius 3 is 3.00 bits per heavy atom. The van der Waals surface area contributed by atoms with Crippen LogP contribution in [0.15, 0.2) is 58.0 Å². The van der Waals surface area contributed by atoms with Crippen molar-refractivity contribution in [3.8, 4) is 11.3 Å². The molecule has 7 nitrogen and oxygen atoms in total. The molecule has 1 aromatic carbocycles. The van der Waals surface area contributed by atoms with Crippen molar-refractivity contribution in [2.45, 2.75) is 13.5 Å². The van der Waals surface area contributed by atoms with Gasteiger partial charge in [0.15, 0.2) is 4.96 Å². The van der Waals surface area contributed by atoms with Crippen molar-refractivity contribution in [1.29, 1.82) is 0 Å². The second kappa shape index (κ2) is 7.49. The Balaban J connectivity index is 1.99. The van der Waals surface area contributed by atoms with E-state index in [4.69, 9.17) is 10.7 Å². The molecule has 0 radical (unpaired) electrons. The van der Waals surface area contributed by atoms with E-state index >= 15 is 0 Å². The van der Waals surface area contributed by atoms with Gasteiger partial charge in [-0.1, -0.05) is 12.1 Å². The van der Waals surface area contributed by atoms with E-state index in [9.17, 15) is 4.79 Å². The minimum atomic E-state index is -0.0947. The quantitative estimate of drug-likeness (QED) is 0.529. The van der Waals surface area contributed by atoms with Gasteiger partial charge in [-0.3, -0.25) is 18.8 Å². The molecule has 0 atom stereocenters. The van der Waals surface area contributed by atoms with Gasteiger partial charge >= 0.3 is 0 Å². The van der Waals surface area contributed by atoms with Gasteiger partial charge in [0, 0.05) is 37.3 Å². The number of benzene rings is 1. The van der Waals surface area contributed by atoms with E-state index in [-0.39, 0.29) is 5.56 Å². The Kier molecular flexibility index (Phi) is 4.89. The lowest BCUT2D eigenvalue weighted by molar-refractivity contribution is 0.673. The number of imidazole rings is 1. The third-order valence-corrected chi connectivity index (χ3v) is 5.29. The minimum Gasteiger partial charge on any atom is -0.329 e. The second-order valence-electron chi connectivity index (χ2n) is 6.24. The van der Waals surface area contributed by atoms with Gasteiger partial charge in [0.25, 0.3) is 5.56 Å². The summed E-state index contributed by atoms with van der Waals surface area (Å²) >= 11 is 1.56. The SMILES string of the molecule is C/C=C\C(=N/C)c1nc2sccn2c1-c1ccc2ncn(CCN)c(=O)c2c1. The number of aromatic nitrogens is 4. The van der Waals surface area contributed by atoms with Crippen LogP contribution in [0.5, 0.6) is 0 Å². The second-order valence-corrected chi connectivity index (χ2v) is 7.11. The summed E-state index contributed by atoms with van der Waals surface area (Å²) < 4.78 is 3.58. The molecule has 0 amide bonds. The number of aliphatic imine (C=N–C) groups is 1. The summed E-state index contributed by atoms with van der Waals surface area (Å²) in [7, 11) is 1.75. The number of hydrogen-bond donors (Lipinski definition) is 1. The predicted octanol–water partition coefficient (Wildman–Crippen LogP) is 2.73. The van der Waals surface area contributed by atoms with Gasteiger partial charge in [0.1, 0.15) is 5.69 Å². The Morgan fingerprint density at radius 1 is 1.39 bits per heavy atom.